The van der Waals surface area contributed by atoms with Gasteiger partial charge in [0.05, 0.1) is 0 Å². The van der Waals surface area contributed by atoms with Crippen LogP contribution in [-0.4, -0.2) is 10.8 Å². The third-order valence-corrected chi connectivity index (χ3v) is 1.24. The van der Waals surface area contributed by atoms with Gasteiger partial charge in [0.2, 0.25) is 0 Å². The predicted molar refractivity (Wildman–Crippen MR) is 40.3 cm³/mol. The van der Waals surface area contributed by atoms with Crippen LogP contribution in [0.2, 0.25) is 5.15 Å². The molecule has 0 unspecified atom stereocenters. The van der Waals surface area contributed by atoms with Crippen molar-refractivity contribution in [1.29, 1.82) is 5.41 Å². The van der Waals surface area contributed by atoms with Crippen molar-refractivity contribution in [3.8, 4) is 0 Å². The zero-order valence-electron chi connectivity index (χ0n) is 5.13. The third-order valence-electron chi connectivity index (χ3n) is 1.04. The number of nitrogen functional groups attached to an aromatic ring is 1. The first-order chi connectivity index (χ1) is 4.70. The third kappa shape index (κ3) is 1.45. The maximum atomic E-state index is 7.02. The molecule has 0 fully saturated rings. The summed E-state index contributed by atoms with van der Waals surface area (Å²) < 4.78 is 0. The highest BCUT2D eigenvalue weighted by atomic mass is 35.5. The van der Waals surface area contributed by atoms with Gasteiger partial charge in [0.15, 0.2) is 0 Å². The topological polar surface area (TPSA) is 62.8 Å². The molecule has 0 aliphatic rings. The summed E-state index contributed by atoms with van der Waals surface area (Å²) in [5, 5.41) is 7.38. The Morgan fingerprint density at radius 2 is 2.40 bits per heavy atom. The summed E-state index contributed by atoms with van der Waals surface area (Å²) in [6, 6.07) is 3.18. The summed E-state index contributed by atoms with van der Waals surface area (Å²) in [5.41, 5.74) is 5.78. The molecule has 0 spiro atoms. The van der Waals surface area contributed by atoms with Gasteiger partial charge in [-0.25, -0.2) is 4.98 Å². The van der Waals surface area contributed by atoms with Crippen molar-refractivity contribution in [2.75, 3.05) is 0 Å². The highest BCUT2D eigenvalue weighted by Crippen LogP contribution is 2.05. The first-order valence-electron chi connectivity index (χ1n) is 2.66. The molecule has 52 valence electrons. The smallest absolute Gasteiger partial charge is 0.129 e. The van der Waals surface area contributed by atoms with E-state index in [1.54, 1.807) is 12.1 Å². The summed E-state index contributed by atoms with van der Waals surface area (Å²) in [4.78, 5) is 3.74. The quantitative estimate of drug-likeness (QED) is 0.361. The number of hydrogen-bond donors (Lipinski definition) is 2. The molecule has 0 aromatic carbocycles. The fraction of sp³-hybridized carbons (Fsp3) is 0. The summed E-state index contributed by atoms with van der Waals surface area (Å²) in [6.45, 7) is 0. The largest absolute Gasteiger partial charge is 0.384 e. The number of amidine groups is 1. The van der Waals surface area contributed by atoms with E-state index in [9.17, 15) is 0 Å². The van der Waals surface area contributed by atoms with E-state index in [1.165, 1.54) is 6.20 Å². The van der Waals surface area contributed by atoms with Gasteiger partial charge in [-0.05, 0) is 12.1 Å². The molecule has 4 heteroatoms. The molecule has 0 aliphatic heterocycles. The Morgan fingerprint density at radius 1 is 1.70 bits per heavy atom. The predicted octanol–water partition coefficient (Wildman–Crippen LogP) is 1.02. The molecule has 0 amide bonds. The molecule has 3 nitrogen and oxygen atoms in total. The van der Waals surface area contributed by atoms with E-state index in [-0.39, 0.29) is 5.84 Å². The van der Waals surface area contributed by atoms with Crippen LogP contribution in [-0.2, 0) is 0 Å². The van der Waals surface area contributed by atoms with Crippen molar-refractivity contribution in [1.82, 2.24) is 4.98 Å². The standard InChI is InChI=1S/C6H6ClN3/c7-5-3-4(6(8)9)1-2-10-5/h1-3H,(H3,8,9). The van der Waals surface area contributed by atoms with Crippen LogP contribution in [0.4, 0.5) is 0 Å². The van der Waals surface area contributed by atoms with E-state index in [1.807, 2.05) is 0 Å². The lowest BCUT2D eigenvalue weighted by molar-refractivity contribution is 1.30. The van der Waals surface area contributed by atoms with Crippen molar-refractivity contribution in [2.24, 2.45) is 5.73 Å². The monoisotopic (exact) mass is 155 g/mol. The van der Waals surface area contributed by atoms with Gasteiger partial charge >= 0.3 is 0 Å². The highest BCUT2D eigenvalue weighted by Gasteiger charge is 1.95. The SMILES string of the molecule is N=C(N)c1ccnc(Cl)c1. The fourth-order valence-corrected chi connectivity index (χ4v) is 0.744. The van der Waals surface area contributed by atoms with Gasteiger partial charge in [0.25, 0.3) is 0 Å². The lowest BCUT2D eigenvalue weighted by Gasteiger charge is -1.95. The molecule has 1 heterocycles. The Morgan fingerprint density at radius 3 is 2.80 bits per heavy atom. The molecule has 0 saturated carbocycles. The lowest BCUT2D eigenvalue weighted by Crippen LogP contribution is -2.10. The minimum atomic E-state index is 0.00398. The number of rotatable bonds is 1. The van der Waals surface area contributed by atoms with E-state index in [4.69, 9.17) is 22.7 Å². The van der Waals surface area contributed by atoms with Crippen LogP contribution in [0, 0.1) is 5.41 Å². The molecule has 0 saturated heterocycles. The molecule has 0 atom stereocenters. The molecule has 1 rings (SSSR count). The Bertz CT molecular complexity index is 259. The molecule has 1 aromatic rings. The number of nitrogens with one attached hydrogen (secondary N) is 1. The maximum Gasteiger partial charge on any atom is 0.129 e. The van der Waals surface area contributed by atoms with Gasteiger partial charge in [-0.15, -0.1) is 0 Å². The first-order valence-corrected chi connectivity index (χ1v) is 3.04. The summed E-state index contributed by atoms with van der Waals surface area (Å²) in [5.74, 6) is 0.00398. The number of halogens is 1. The van der Waals surface area contributed by atoms with Gasteiger partial charge in [0, 0.05) is 11.8 Å². The zero-order valence-corrected chi connectivity index (χ0v) is 5.89. The number of nitrogens with two attached hydrogens (primary N) is 1. The van der Waals surface area contributed by atoms with E-state index in [2.05, 4.69) is 4.98 Å². The van der Waals surface area contributed by atoms with Crippen LogP contribution < -0.4 is 5.73 Å². The second kappa shape index (κ2) is 2.66. The molecule has 3 N–H and O–H groups in total. The van der Waals surface area contributed by atoms with Crippen LogP contribution >= 0.6 is 11.6 Å². The second-order valence-corrected chi connectivity index (χ2v) is 2.17. The fourth-order valence-electron chi connectivity index (χ4n) is 0.570. The second-order valence-electron chi connectivity index (χ2n) is 1.78. The summed E-state index contributed by atoms with van der Waals surface area (Å²) in [6.07, 6.45) is 1.51. The molecular weight excluding hydrogens is 150 g/mol. The molecular formula is C6H6ClN3. The zero-order chi connectivity index (χ0) is 7.56. The van der Waals surface area contributed by atoms with Crippen molar-refractivity contribution in [3.63, 3.8) is 0 Å². The summed E-state index contributed by atoms with van der Waals surface area (Å²) in [7, 11) is 0. The number of hydrogen-bond acceptors (Lipinski definition) is 2. The van der Waals surface area contributed by atoms with Gasteiger partial charge in [-0.1, -0.05) is 11.6 Å². The van der Waals surface area contributed by atoms with E-state index < -0.39 is 0 Å². The average Bonchev–Trinajstić information content (AvgIpc) is 1.88. The highest BCUT2D eigenvalue weighted by molar-refractivity contribution is 6.29. The van der Waals surface area contributed by atoms with Crippen molar-refractivity contribution >= 4 is 17.4 Å². The van der Waals surface area contributed by atoms with Gasteiger partial charge in [-0.2, -0.15) is 0 Å². The van der Waals surface area contributed by atoms with Gasteiger partial charge in [-0.3, -0.25) is 5.41 Å². The van der Waals surface area contributed by atoms with Crippen LogP contribution in [0.3, 0.4) is 0 Å². The average molecular weight is 156 g/mol. The Kier molecular flexibility index (Phi) is 1.87. The van der Waals surface area contributed by atoms with Gasteiger partial charge in [0.1, 0.15) is 11.0 Å². The molecule has 0 radical (unpaired) electrons. The van der Waals surface area contributed by atoms with E-state index in [0.29, 0.717) is 10.7 Å². The number of aromatic nitrogens is 1. The van der Waals surface area contributed by atoms with E-state index >= 15 is 0 Å². The normalized spacial score (nSPS) is 9.30. The minimum absolute atomic E-state index is 0.00398. The maximum absolute atomic E-state index is 7.02. The van der Waals surface area contributed by atoms with Crippen molar-refractivity contribution < 1.29 is 0 Å². The van der Waals surface area contributed by atoms with Crippen molar-refractivity contribution in [3.05, 3.63) is 29.0 Å². The Balaban J connectivity index is 3.07. The number of pyridine rings is 1. The molecule has 0 aliphatic carbocycles. The summed E-state index contributed by atoms with van der Waals surface area (Å²) >= 11 is 5.53. The van der Waals surface area contributed by atoms with Crippen LogP contribution in [0.25, 0.3) is 0 Å². The molecule has 0 bridgehead atoms. The molecule has 1 aromatic heterocycles. The Labute approximate surface area is 63.3 Å². The minimum Gasteiger partial charge on any atom is -0.384 e. The van der Waals surface area contributed by atoms with Crippen molar-refractivity contribution in [2.45, 2.75) is 0 Å². The van der Waals surface area contributed by atoms with Crippen LogP contribution in [0.15, 0.2) is 18.3 Å². The van der Waals surface area contributed by atoms with Crippen LogP contribution in [0.1, 0.15) is 5.56 Å². The van der Waals surface area contributed by atoms with Crippen LogP contribution in [0.5, 0.6) is 0 Å². The Hall–Kier alpha value is -1.09. The van der Waals surface area contributed by atoms with E-state index in [0.717, 1.165) is 0 Å². The molecule has 10 heavy (non-hydrogen) atoms. The first kappa shape index (κ1) is 7.02. The van der Waals surface area contributed by atoms with Gasteiger partial charge < -0.3 is 5.73 Å². The number of nitrogens with zero attached hydrogens (tertiary/aromatic N) is 1. The lowest BCUT2D eigenvalue weighted by atomic mass is 10.2.